The number of nitrogens with one attached hydrogen (secondary N) is 1. The van der Waals surface area contributed by atoms with Gasteiger partial charge in [0.15, 0.2) is 4.34 Å². The highest BCUT2D eigenvalue weighted by Gasteiger charge is 2.26. The van der Waals surface area contributed by atoms with Crippen LogP contribution in [0.25, 0.3) is 0 Å². The van der Waals surface area contributed by atoms with Crippen LogP contribution in [0, 0.1) is 5.92 Å². The summed E-state index contributed by atoms with van der Waals surface area (Å²) >= 11 is 2.91. The van der Waals surface area contributed by atoms with Crippen molar-refractivity contribution in [1.29, 1.82) is 0 Å². The lowest BCUT2D eigenvalue weighted by molar-refractivity contribution is -0.132. The molecule has 2 fully saturated rings. The van der Waals surface area contributed by atoms with Crippen LogP contribution in [-0.2, 0) is 9.59 Å². The summed E-state index contributed by atoms with van der Waals surface area (Å²) in [7, 11) is 0. The summed E-state index contributed by atoms with van der Waals surface area (Å²) in [6.45, 7) is 1.22. The van der Waals surface area contributed by atoms with Gasteiger partial charge in [0.25, 0.3) is 0 Å². The maximum Gasteiger partial charge on any atom is 0.233 e. The molecule has 3 rings (SSSR count). The van der Waals surface area contributed by atoms with Crippen molar-refractivity contribution in [1.82, 2.24) is 15.1 Å². The van der Waals surface area contributed by atoms with Gasteiger partial charge >= 0.3 is 0 Å². The number of likely N-dealkylation sites (tertiary alicyclic amines) is 1. The quantitative estimate of drug-likeness (QED) is 0.747. The molecule has 1 aliphatic carbocycles. The number of nitrogens with zero attached hydrogens (tertiary/aromatic N) is 3. The predicted molar refractivity (Wildman–Crippen MR) is 85.8 cm³/mol. The highest BCUT2D eigenvalue weighted by Crippen LogP contribution is 2.30. The summed E-state index contributed by atoms with van der Waals surface area (Å²) in [4.78, 5) is 25.1. The molecule has 7 nitrogen and oxygen atoms in total. The molecule has 0 radical (unpaired) electrons. The summed E-state index contributed by atoms with van der Waals surface area (Å²) < 4.78 is 0.809. The molecule has 0 spiro atoms. The number of thioether (sulfide) groups is 1. The third-order valence-electron chi connectivity index (χ3n) is 3.88. The molecule has 1 aromatic rings. The van der Waals surface area contributed by atoms with Gasteiger partial charge in [-0.15, -0.1) is 10.2 Å². The zero-order valence-electron chi connectivity index (χ0n) is 12.2. The van der Waals surface area contributed by atoms with E-state index in [4.69, 9.17) is 5.73 Å². The second-order valence-corrected chi connectivity index (χ2v) is 7.84. The second kappa shape index (κ2) is 6.82. The first kappa shape index (κ1) is 15.5. The Morgan fingerprint density at radius 3 is 2.64 bits per heavy atom. The standard InChI is InChI=1S/C13H19N5O2S2/c14-11(20)8-3-5-18(6-4-8)10(19)7-21-13-17-16-12(22-13)15-9-1-2-9/h8-9H,1-7H2,(H2,14,20)(H,15,16). The van der Waals surface area contributed by atoms with Crippen molar-refractivity contribution in [3.8, 4) is 0 Å². The Morgan fingerprint density at radius 2 is 2.00 bits per heavy atom. The number of carbonyl (C=O) groups excluding carboxylic acids is 2. The van der Waals surface area contributed by atoms with Crippen molar-refractivity contribution in [2.75, 3.05) is 24.2 Å². The van der Waals surface area contributed by atoms with Gasteiger partial charge in [-0.1, -0.05) is 23.1 Å². The third kappa shape index (κ3) is 4.10. The van der Waals surface area contributed by atoms with Crippen LogP contribution in [0.4, 0.5) is 5.13 Å². The number of amides is 2. The van der Waals surface area contributed by atoms with E-state index < -0.39 is 0 Å². The number of carbonyl (C=O) groups is 2. The Morgan fingerprint density at radius 1 is 1.27 bits per heavy atom. The van der Waals surface area contributed by atoms with E-state index in [2.05, 4.69) is 15.5 Å². The molecule has 22 heavy (non-hydrogen) atoms. The summed E-state index contributed by atoms with van der Waals surface area (Å²) in [5.74, 6) is 0.0982. The van der Waals surface area contributed by atoms with Crippen molar-refractivity contribution in [3.05, 3.63) is 0 Å². The first-order valence-corrected chi connectivity index (χ1v) is 9.22. The van der Waals surface area contributed by atoms with Crippen LogP contribution in [0.1, 0.15) is 25.7 Å². The van der Waals surface area contributed by atoms with Crippen molar-refractivity contribution < 1.29 is 9.59 Å². The Hall–Kier alpha value is -1.35. The molecule has 1 saturated carbocycles. The van der Waals surface area contributed by atoms with Crippen LogP contribution in [0.3, 0.4) is 0 Å². The first-order chi connectivity index (χ1) is 10.6. The van der Waals surface area contributed by atoms with E-state index in [9.17, 15) is 9.59 Å². The molecular formula is C13H19N5O2S2. The molecule has 0 unspecified atom stereocenters. The fraction of sp³-hybridized carbons (Fsp3) is 0.692. The van der Waals surface area contributed by atoms with Crippen molar-refractivity contribution in [2.45, 2.75) is 36.1 Å². The summed E-state index contributed by atoms with van der Waals surface area (Å²) in [5, 5.41) is 12.3. The Bertz CT molecular complexity index is 552. The van der Waals surface area contributed by atoms with Gasteiger partial charge in [0.05, 0.1) is 5.75 Å². The maximum absolute atomic E-state index is 12.2. The normalized spacial score (nSPS) is 19.2. The Balaban J connectivity index is 1.42. The van der Waals surface area contributed by atoms with E-state index >= 15 is 0 Å². The molecule has 2 heterocycles. The molecule has 0 bridgehead atoms. The summed E-state index contributed by atoms with van der Waals surface area (Å²) in [6, 6.07) is 0.555. The Kier molecular flexibility index (Phi) is 4.82. The molecule has 2 aliphatic rings. The lowest BCUT2D eigenvalue weighted by Crippen LogP contribution is -2.42. The van der Waals surface area contributed by atoms with E-state index in [1.165, 1.54) is 35.9 Å². The minimum Gasteiger partial charge on any atom is -0.369 e. The van der Waals surface area contributed by atoms with Gasteiger partial charge in [0, 0.05) is 25.0 Å². The van der Waals surface area contributed by atoms with Crippen molar-refractivity contribution in [2.24, 2.45) is 11.7 Å². The molecule has 0 atom stereocenters. The summed E-state index contributed by atoms with van der Waals surface area (Å²) in [5.41, 5.74) is 5.30. The number of anilines is 1. The van der Waals surface area contributed by atoms with Crippen LogP contribution in [0.5, 0.6) is 0 Å². The predicted octanol–water partition coefficient (Wildman–Crippen LogP) is 0.928. The van der Waals surface area contributed by atoms with Gasteiger partial charge in [0.1, 0.15) is 0 Å². The van der Waals surface area contributed by atoms with E-state index in [1.807, 2.05) is 0 Å². The fourth-order valence-corrected chi connectivity index (χ4v) is 4.09. The van der Waals surface area contributed by atoms with E-state index in [0.717, 1.165) is 9.47 Å². The molecule has 1 aromatic heterocycles. The first-order valence-electron chi connectivity index (χ1n) is 7.42. The smallest absolute Gasteiger partial charge is 0.233 e. The molecule has 1 saturated heterocycles. The lowest BCUT2D eigenvalue weighted by Gasteiger charge is -2.30. The molecule has 120 valence electrons. The second-order valence-electron chi connectivity index (χ2n) is 5.64. The minimum absolute atomic E-state index is 0.0832. The zero-order valence-corrected chi connectivity index (χ0v) is 13.8. The number of piperidine rings is 1. The average molecular weight is 341 g/mol. The number of hydrogen-bond acceptors (Lipinski definition) is 7. The molecule has 9 heteroatoms. The molecule has 0 aromatic carbocycles. The zero-order chi connectivity index (χ0) is 15.5. The third-order valence-corrected chi connectivity index (χ3v) is 5.85. The van der Waals surface area contributed by atoms with Gasteiger partial charge in [0.2, 0.25) is 16.9 Å². The average Bonchev–Trinajstić information content (AvgIpc) is 3.22. The van der Waals surface area contributed by atoms with Gasteiger partial charge in [-0.25, -0.2) is 0 Å². The monoisotopic (exact) mass is 341 g/mol. The topological polar surface area (TPSA) is 101 Å². The van der Waals surface area contributed by atoms with Gasteiger partial charge < -0.3 is 16.0 Å². The number of aromatic nitrogens is 2. The highest BCUT2D eigenvalue weighted by molar-refractivity contribution is 8.01. The van der Waals surface area contributed by atoms with Crippen molar-refractivity contribution >= 4 is 40.0 Å². The van der Waals surface area contributed by atoms with Crippen LogP contribution in [0.2, 0.25) is 0 Å². The fourth-order valence-electron chi connectivity index (χ4n) is 2.36. The van der Waals surface area contributed by atoms with Crippen LogP contribution in [0.15, 0.2) is 4.34 Å². The van der Waals surface area contributed by atoms with Crippen molar-refractivity contribution in [3.63, 3.8) is 0 Å². The number of primary amides is 1. The summed E-state index contributed by atoms with van der Waals surface area (Å²) in [6.07, 6.45) is 3.73. The van der Waals surface area contributed by atoms with Crippen LogP contribution < -0.4 is 11.1 Å². The van der Waals surface area contributed by atoms with Gasteiger partial charge in [-0.3, -0.25) is 9.59 Å². The number of hydrogen-bond donors (Lipinski definition) is 2. The van der Waals surface area contributed by atoms with Gasteiger partial charge in [-0.05, 0) is 25.7 Å². The minimum atomic E-state index is -0.258. The highest BCUT2D eigenvalue weighted by atomic mass is 32.2. The van der Waals surface area contributed by atoms with Crippen LogP contribution in [-0.4, -0.2) is 51.8 Å². The Labute approximate surface area is 137 Å². The lowest BCUT2D eigenvalue weighted by atomic mass is 9.96. The van der Waals surface area contributed by atoms with Crippen LogP contribution >= 0.6 is 23.1 Å². The number of nitrogens with two attached hydrogens (primary N) is 1. The molecule has 2 amide bonds. The van der Waals surface area contributed by atoms with Gasteiger partial charge in [-0.2, -0.15) is 0 Å². The molecular weight excluding hydrogens is 322 g/mol. The SMILES string of the molecule is NC(=O)C1CCN(C(=O)CSc2nnc(NC3CC3)s2)CC1. The molecule has 3 N–H and O–H groups in total. The maximum atomic E-state index is 12.2. The van der Waals surface area contributed by atoms with E-state index in [-0.39, 0.29) is 17.7 Å². The molecule has 1 aliphatic heterocycles. The van der Waals surface area contributed by atoms with E-state index in [0.29, 0.717) is 37.7 Å². The van der Waals surface area contributed by atoms with E-state index in [1.54, 1.807) is 4.90 Å². The largest absolute Gasteiger partial charge is 0.369 e. The number of rotatable bonds is 6.